The fourth-order valence-corrected chi connectivity index (χ4v) is 2.46. The molecule has 0 unspecified atom stereocenters. The van der Waals surface area contributed by atoms with E-state index in [1.807, 2.05) is 25.1 Å². The van der Waals surface area contributed by atoms with Gasteiger partial charge in [0, 0.05) is 12.6 Å². The third kappa shape index (κ3) is 2.87. The van der Waals surface area contributed by atoms with Crippen molar-refractivity contribution in [3.05, 3.63) is 39.1 Å². The van der Waals surface area contributed by atoms with Crippen molar-refractivity contribution < 1.29 is 9.47 Å². The molecule has 2 aromatic rings. The third-order valence-corrected chi connectivity index (χ3v) is 3.88. The number of benzene rings is 1. The predicted molar refractivity (Wildman–Crippen MR) is 78.0 cm³/mol. The van der Waals surface area contributed by atoms with Gasteiger partial charge in [-0.15, -0.1) is 0 Å². The van der Waals surface area contributed by atoms with Crippen LogP contribution in [0.15, 0.2) is 22.7 Å². The number of aromatic nitrogens is 2. The van der Waals surface area contributed by atoms with Gasteiger partial charge in [-0.05, 0) is 35.0 Å². The summed E-state index contributed by atoms with van der Waals surface area (Å²) in [6, 6.07) is 5.63. The first-order valence-corrected chi connectivity index (χ1v) is 6.85. The van der Waals surface area contributed by atoms with Crippen LogP contribution in [0.2, 0.25) is 5.15 Å². The van der Waals surface area contributed by atoms with Gasteiger partial charge in [0.25, 0.3) is 0 Å². The highest BCUT2D eigenvalue weighted by atomic mass is 79.9. The van der Waals surface area contributed by atoms with Gasteiger partial charge < -0.3 is 9.47 Å². The molecule has 0 amide bonds. The standard InChI is InChI=1S/C13H14BrClN2O2/c1-8-9(13(15)17(2)16-8)7-19-12-10(14)5-4-6-11(12)18-3/h4-6H,7H2,1-3H3. The number of hydrogen-bond acceptors (Lipinski definition) is 3. The van der Waals surface area contributed by atoms with E-state index < -0.39 is 0 Å². The van der Waals surface area contributed by atoms with Gasteiger partial charge >= 0.3 is 0 Å². The Hall–Kier alpha value is -1.20. The Labute approximate surface area is 125 Å². The molecular weight excluding hydrogens is 332 g/mol. The van der Waals surface area contributed by atoms with Crippen molar-refractivity contribution >= 4 is 27.5 Å². The Bertz CT molecular complexity index is 599. The molecule has 1 heterocycles. The molecule has 0 saturated carbocycles. The van der Waals surface area contributed by atoms with Gasteiger partial charge in [0.1, 0.15) is 11.8 Å². The highest BCUT2D eigenvalue weighted by Gasteiger charge is 2.14. The van der Waals surface area contributed by atoms with E-state index in [9.17, 15) is 0 Å². The van der Waals surface area contributed by atoms with Crippen LogP contribution in [0.4, 0.5) is 0 Å². The lowest BCUT2D eigenvalue weighted by atomic mass is 10.3. The van der Waals surface area contributed by atoms with E-state index in [0.29, 0.717) is 23.3 Å². The Kier molecular flexibility index (Phi) is 4.37. The Morgan fingerprint density at radius 1 is 1.42 bits per heavy atom. The number of ether oxygens (including phenoxy) is 2. The molecule has 0 aliphatic carbocycles. The van der Waals surface area contributed by atoms with Crippen LogP contribution in [0.1, 0.15) is 11.3 Å². The normalized spacial score (nSPS) is 10.6. The lowest BCUT2D eigenvalue weighted by Crippen LogP contribution is -1.99. The van der Waals surface area contributed by atoms with Crippen LogP contribution in [0.5, 0.6) is 11.5 Å². The van der Waals surface area contributed by atoms with E-state index in [2.05, 4.69) is 21.0 Å². The summed E-state index contributed by atoms with van der Waals surface area (Å²) in [4.78, 5) is 0. The summed E-state index contributed by atoms with van der Waals surface area (Å²) >= 11 is 9.62. The van der Waals surface area contributed by atoms with Crippen LogP contribution in [0.3, 0.4) is 0 Å². The van der Waals surface area contributed by atoms with Crippen LogP contribution in [0.25, 0.3) is 0 Å². The van der Waals surface area contributed by atoms with Crippen LogP contribution < -0.4 is 9.47 Å². The molecule has 1 aromatic heterocycles. The maximum Gasteiger partial charge on any atom is 0.175 e. The molecule has 0 bridgehead atoms. The summed E-state index contributed by atoms with van der Waals surface area (Å²) < 4.78 is 13.6. The molecule has 0 aliphatic heterocycles. The molecule has 0 N–H and O–H groups in total. The van der Waals surface area contributed by atoms with Crippen molar-refractivity contribution in [1.29, 1.82) is 0 Å². The first-order valence-electron chi connectivity index (χ1n) is 5.68. The average molecular weight is 346 g/mol. The predicted octanol–water partition coefficient (Wildman–Crippen LogP) is 3.73. The van der Waals surface area contributed by atoms with E-state index in [1.165, 1.54) is 0 Å². The van der Waals surface area contributed by atoms with E-state index in [0.717, 1.165) is 15.7 Å². The number of halogens is 2. The molecule has 6 heteroatoms. The lowest BCUT2D eigenvalue weighted by Gasteiger charge is -2.12. The fraction of sp³-hybridized carbons (Fsp3) is 0.308. The van der Waals surface area contributed by atoms with Gasteiger partial charge in [-0.25, -0.2) is 0 Å². The van der Waals surface area contributed by atoms with Crippen LogP contribution in [-0.4, -0.2) is 16.9 Å². The molecule has 0 fully saturated rings. The number of rotatable bonds is 4. The summed E-state index contributed by atoms with van der Waals surface area (Å²) in [5, 5.41) is 4.84. The zero-order chi connectivity index (χ0) is 14.0. The van der Waals surface area contributed by atoms with E-state index in [-0.39, 0.29) is 0 Å². The van der Waals surface area contributed by atoms with Crippen molar-refractivity contribution in [1.82, 2.24) is 9.78 Å². The highest BCUT2D eigenvalue weighted by Crippen LogP contribution is 2.35. The van der Waals surface area contributed by atoms with Gasteiger partial charge in [-0.2, -0.15) is 5.10 Å². The number of para-hydroxylation sites is 1. The van der Waals surface area contributed by atoms with Crippen molar-refractivity contribution in [2.24, 2.45) is 7.05 Å². The molecule has 0 spiro atoms. The zero-order valence-electron chi connectivity index (χ0n) is 10.9. The molecule has 2 rings (SSSR count). The summed E-state index contributed by atoms with van der Waals surface area (Å²) in [5.41, 5.74) is 1.74. The molecule has 19 heavy (non-hydrogen) atoms. The minimum absolute atomic E-state index is 0.345. The zero-order valence-corrected chi connectivity index (χ0v) is 13.2. The number of nitrogens with zero attached hydrogens (tertiary/aromatic N) is 2. The van der Waals surface area contributed by atoms with Crippen LogP contribution >= 0.6 is 27.5 Å². The summed E-state index contributed by atoms with van der Waals surface area (Å²) in [6.45, 7) is 2.25. The van der Waals surface area contributed by atoms with Gasteiger partial charge in [-0.1, -0.05) is 17.7 Å². The largest absolute Gasteiger partial charge is 0.493 e. The SMILES string of the molecule is COc1cccc(Br)c1OCc1c(C)nn(C)c1Cl. The summed E-state index contributed by atoms with van der Waals surface area (Å²) in [6.07, 6.45) is 0. The molecule has 4 nitrogen and oxygen atoms in total. The van der Waals surface area contributed by atoms with Crippen LogP contribution in [-0.2, 0) is 13.7 Å². The van der Waals surface area contributed by atoms with Crippen molar-refractivity contribution in [2.75, 3.05) is 7.11 Å². The number of aryl methyl sites for hydroxylation is 2. The molecule has 0 radical (unpaired) electrons. The van der Waals surface area contributed by atoms with E-state index in [1.54, 1.807) is 18.8 Å². The highest BCUT2D eigenvalue weighted by molar-refractivity contribution is 9.10. The van der Waals surface area contributed by atoms with E-state index in [4.69, 9.17) is 21.1 Å². The second-order valence-corrected chi connectivity index (χ2v) is 5.25. The Morgan fingerprint density at radius 3 is 2.74 bits per heavy atom. The van der Waals surface area contributed by atoms with Gasteiger partial charge in [0.2, 0.25) is 0 Å². The van der Waals surface area contributed by atoms with Crippen molar-refractivity contribution in [3.63, 3.8) is 0 Å². The summed E-state index contributed by atoms with van der Waals surface area (Å²) in [5.74, 6) is 1.33. The molecule has 1 aromatic carbocycles. The second kappa shape index (κ2) is 5.84. The van der Waals surface area contributed by atoms with Gasteiger partial charge in [-0.3, -0.25) is 4.68 Å². The smallest absolute Gasteiger partial charge is 0.175 e. The number of hydrogen-bond donors (Lipinski definition) is 0. The maximum atomic E-state index is 6.17. The topological polar surface area (TPSA) is 36.3 Å². The molecule has 102 valence electrons. The average Bonchev–Trinajstić information content (AvgIpc) is 2.62. The molecule has 0 atom stereocenters. The van der Waals surface area contributed by atoms with Gasteiger partial charge in [0.05, 0.1) is 17.3 Å². The van der Waals surface area contributed by atoms with Gasteiger partial charge in [0.15, 0.2) is 11.5 Å². The van der Waals surface area contributed by atoms with Crippen LogP contribution in [0, 0.1) is 6.92 Å². The fourth-order valence-electron chi connectivity index (χ4n) is 1.77. The first-order chi connectivity index (χ1) is 9.04. The lowest BCUT2D eigenvalue weighted by molar-refractivity contribution is 0.282. The first kappa shape index (κ1) is 14.2. The maximum absolute atomic E-state index is 6.17. The minimum Gasteiger partial charge on any atom is -0.493 e. The molecular formula is C13H14BrClN2O2. The monoisotopic (exact) mass is 344 g/mol. The molecule has 0 aliphatic rings. The quantitative estimate of drug-likeness (QED) is 0.847. The Morgan fingerprint density at radius 2 is 2.16 bits per heavy atom. The second-order valence-electron chi connectivity index (χ2n) is 4.04. The Balaban J connectivity index is 2.24. The minimum atomic E-state index is 0.345. The third-order valence-electron chi connectivity index (χ3n) is 2.78. The molecule has 0 saturated heterocycles. The number of methoxy groups -OCH3 is 1. The summed E-state index contributed by atoms with van der Waals surface area (Å²) in [7, 11) is 3.41. The van der Waals surface area contributed by atoms with E-state index >= 15 is 0 Å². The van der Waals surface area contributed by atoms with Crippen molar-refractivity contribution in [3.8, 4) is 11.5 Å². The van der Waals surface area contributed by atoms with Crippen molar-refractivity contribution in [2.45, 2.75) is 13.5 Å².